The number of carbonyl (C=O) groups is 1. The van der Waals surface area contributed by atoms with Gasteiger partial charge in [0.1, 0.15) is 5.75 Å². The van der Waals surface area contributed by atoms with E-state index in [1.165, 1.54) is 7.11 Å². The average molecular weight is 415 g/mol. The van der Waals surface area contributed by atoms with Crippen LogP contribution in [0.3, 0.4) is 0 Å². The fourth-order valence-corrected chi connectivity index (χ4v) is 4.80. The maximum absolute atomic E-state index is 13.3. The molecular weight excluding hydrogens is 396 g/mol. The highest BCUT2D eigenvalue weighted by Gasteiger charge is 2.31. The summed E-state index contributed by atoms with van der Waals surface area (Å²) in [6, 6.07) is 21.3. The number of sulfone groups is 1. The first-order valence-electron chi connectivity index (χ1n) is 8.63. The van der Waals surface area contributed by atoms with Crippen molar-refractivity contribution < 1.29 is 17.9 Å². The summed E-state index contributed by atoms with van der Waals surface area (Å²) >= 11 is 5.88. The first kappa shape index (κ1) is 20.1. The Labute approximate surface area is 169 Å². The maximum Gasteiger partial charge on any atom is 0.185 e. The van der Waals surface area contributed by atoms with Crippen molar-refractivity contribution >= 4 is 27.2 Å². The fourth-order valence-electron chi connectivity index (χ4n) is 2.92. The van der Waals surface area contributed by atoms with Gasteiger partial charge in [0.25, 0.3) is 0 Å². The molecule has 4 nitrogen and oxygen atoms in total. The minimum atomic E-state index is -3.77. The smallest absolute Gasteiger partial charge is 0.185 e. The van der Waals surface area contributed by atoms with Crippen LogP contribution in [-0.4, -0.2) is 21.3 Å². The molecule has 0 saturated heterocycles. The van der Waals surface area contributed by atoms with Crippen molar-refractivity contribution in [2.45, 2.75) is 16.6 Å². The number of halogens is 1. The normalized spacial score (nSPS) is 12.4. The Hall–Kier alpha value is -2.63. The van der Waals surface area contributed by atoms with Gasteiger partial charge >= 0.3 is 0 Å². The molecule has 0 unspecified atom stereocenters. The van der Waals surface area contributed by atoms with E-state index in [9.17, 15) is 13.2 Å². The zero-order chi connectivity index (χ0) is 20.1. The van der Waals surface area contributed by atoms with Gasteiger partial charge in [-0.3, -0.25) is 4.79 Å². The van der Waals surface area contributed by atoms with Crippen molar-refractivity contribution in [3.63, 3.8) is 0 Å². The predicted octanol–water partition coefficient (Wildman–Crippen LogP) is 5.14. The Morgan fingerprint density at radius 3 is 2.11 bits per heavy atom. The second-order valence-electron chi connectivity index (χ2n) is 6.25. The molecule has 0 heterocycles. The molecule has 28 heavy (non-hydrogen) atoms. The molecule has 0 aliphatic rings. The van der Waals surface area contributed by atoms with Gasteiger partial charge in [0.2, 0.25) is 0 Å². The maximum atomic E-state index is 13.3. The Bertz CT molecular complexity index is 1040. The zero-order valence-electron chi connectivity index (χ0n) is 15.2. The number of methoxy groups -OCH3 is 1. The Morgan fingerprint density at radius 2 is 1.54 bits per heavy atom. The lowest BCUT2D eigenvalue weighted by Gasteiger charge is -2.18. The fraction of sp³-hybridized carbons (Fsp3) is 0.136. The van der Waals surface area contributed by atoms with Crippen LogP contribution in [0.4, 0.5) is 0 Å². The van der Waals surface area contributed by atoms with Crippen molar-refractivity contribution in [1.29, 1.82) is 0 Å². The Kier molecular flexibility index (Phi) is 6.17. The van der Waals surface area contributed by atoms with E-state index in [1.807, 2.05) is 0 Å². The number of Topliss-reactive ketones (excluding diaryl/α,β-unsaturated/α-hetero) is 1. The van der Waals surface area contributed by atoms with Crippen molar-refractivity contribution in [3.05, 3.63) is 95.0 Å². The Balaban J connectivity index is 2.01. The molecule has 3 aromatic carbocycles. The zero-order valence-corrected chi connectivity index (χ0v) is 16.8. The molecule has 0 radical (unpaired) electrons. The van der Waals surface area contributed by atoms with Gasteiger partial charge in [-0.2, -0.15) is 0 Å². The van der Waals surface area contributed by atoms with E-state index >= 15 is 0 Å². The number of hydrogen-bond donors (Lipinski definition) is 0. The topological polar surface area (TPSA) is 60.4 Å². The minimum Gasteiger partial charge on any atom is -0.497 e. The molecule has 6 heteroatoms. The van der Waals surface area contributed by atoms with Crippen LogP contribution in [0.5, 0.6) is 5.75 Å². The molecule has 0 bridgehead atoms. The molecule has 1 atom stereocenters. The van der Waals surface area contributed by atoms with E-state index in [2.05, 4.69) is 0 Å². The van der Waals surface area contributed by atoms with E-state index < -0.39 is 15.1 Å². The number of ether oxygens (including phenoxy) is 1. The number of rotatable bonds is 7. The summed E-state index contributed by atoms with van der Waals surface area (Å²) in [5.41, 5.74) is 0.957. The first-order valence-corrected chi connectivity index (χ1v) is 10.6. The van der Waals surface area contributed by atoms with Crippen LogP contribution in [0.2, 0.25) is 5.02 Å². The lowest BCUT2D eigenvalue weighted by atomic mass is 10.0. The Morgan fingerprint density at radius 1 is 0.929 bits per heavy atom. The summed E-state index contributed by atoms with van der Waals surface area (Å²) in [7, 11) is -2.23. The van der Waals surface area contributed by atoms with E-state index in [4.69, 9.17) is 16.3 Å². The van der Waals surface area contributed by atoms with E-state index in [0.29, 0.717) is 21.9 Å². The first-order chi connectivity index (χ1) is 13.4. The predicted molar refractivity (Wildman–Crippen MR) is 110 cm³/mol. The van der Waals surface area contributed by atoms with Crippen molar-refractivity contribution in [3.8, 4) is 5.75 Å². The van der Waals surface area contributed by atoms with Crippen LogP contribution in [0.25, 0.3) is 0 Å². The van der Waals surface area contributed by atoms with Gasteiger partial charge in [0.15, 0.2) is 15.6 Å². The molecule has 144 valence electrons. The quantitative estimate of drug-likeness (QED) is 0.502. The molecule has 3 aromatic rings. The minimum absolute atomic E-state index is 0.175. The van der Waals surface area contributed by atoms with Crippen LogP contribution in [0, 0.1) is 0 Å². The summed E-state index contributed by atoms with van der Waals surface area (Å²) in [4.78, 5) is 13.0. The van der Waals surface area contributed by atoms with Gasteiger partial charge in [-0.1, -0.05) is 41.9 Å². The van der Waals surface area contributed by atoms with Crippen LogP contribution in [0.1, 0.15) is 27.6 Å². The largest absolute Gasteiger partial charge is 0.497 e. The summed E-state index contributed by atoms with van der Waals surface area (Å²) in [5, 5.41) is -0.496. The molecule has 0 aromatic heterocycles. The molecular formula is C22H19ClO4S. The van der Waals surface area contributed by atoms with Gasteiger partial charge < -0.3 is 4.74 Å². The van der Waals surface area contributed by atoms with Crippen LogP contribution >= 0.6 is 11.6 Å². The number of benzene rings is 3. The van der Waals surface area contributed by atoms with Crippen LogP contribution in [0.15, 0.2) is 83.8 Å². The van der Waals surface area contributed by atoms with Gasteiger partial charge in [0.05, 0.1) is 17.3 Å². The highest BCUT2D eigenvalue weighted by molar-refractivity contribution is 7.91. The molecule has 0 amide bonds. The van der Waals surface area contributed by atoms with E-state index in [-0.39, 0.29) is 17.1 Å². The van der Waals surface area contributed by atoms with Crippen molar-refractivity contribution in [2.24, 2.45) is 0 Å². The third kappa shape index (κ3) is 4.43. The number of hydrogen-bond acceptors (Lipinski definition) is 4. The standard InChI is InChI=1S/C22H19ClO4S/c1-27-19-13-9-17(10-14-19)22(28(25,26)20-5-3-2-4-6-20)15-21(24)16-7-11-18(23)12-8-16/h2-14,22H,15H2,1H3/t22-/m0/s1. The van der Waals surface area contributed by atoms with Gasteiger partial charge in [-0.05, 0) is 54.1 Å². The number of carbonyl (C=O) groups excluding carboxylic acids is 1. The molecule has 0 aliphatic carbocycles. The number of ketones is 1. The molecule has 3 rings (SSSR count). The highest BCUT2D eigenvalue weighted by atomic mass is 35.5. The van der Waals surface area contributed by atoms with Crippen LogP contribution in [-0.2, 0) is 9.84 Å². The highest BCUT2D eigenvalue weighted by Crippen LogP contribution is 2.34. The van der Waals surface area contributed by atoms with Crippen LogP contribution < -0.4 is 4.74 Å². The summed E-state index contributed by atoms with van der Waals surface area (Å²) in [6.07, 6.45) is -0.175. The second-order valence-corrected chi connectivity index (χ2v) is 8.82. The summed E-state index contributed by atoms with van der Waals surface area (Å²) in [6.45, 7) is 0. The second kappa shape index (κ2) is 8.59. The summed E-state index contributed by atoms with van der Waals surface area (Å²) < 4.78 is 31.8. The third-order valence-electron chi connectivity index (χ3n) is 4.47. The average Bonchev–Trinajstić information content (AvgIpc) is 2.73. The lowest BCUT2D eigenvalue weighted by molar-refractivity contribution is 0.0980. The lowest BCUT2D eigenvalue weighted by Crippen LogP contribution is -2.18. The summed E-state index contributed by atoms with van der Waals surface area (Å²) in [5.74, 6) is 0.348. The van der Waals surface area contributed by atoms with E-state index in [0.717, 1.165) is 0 Å². The monoisotopic (exact) mass is 414 g/mol. The SMILES string of the molecule is COc1ccc([C@H](CC(=O)c2ccc(Cl)cc2)S(=O)(=O)c2ccccc2)cc1. The van der Waals surface area contributed by atoms with Gasteiger partial charge in [-0.15, -0.1) is 0 Å². The molecule has 0 saturated carbocycles. The van der Waals surface area contributed by atoms with Gasteiger partial charge in [-0.25, -0.2) is 8.42 Å². The molecule has 0 N–H and O–H groups in total. The van der Waals surface area contributed by atoms with Gasteiger partial charge in [0, 0.05) is 17.0 Å². The molecule has 0 spiro atoms. The molecule has 0 aliphatic heterocycles. The van der Waals surface area contributed by atoms with Crippen molar-refractivity contribution in [2.75, 3.05) is 7.11 Å². The molecule has 0 fully saturated rings. The van der Waals surface area contributed by atoms with Crippen molar-refractivity contribution in [1.82, 2.24) is 0 Å². The third-order valence-corrected chi connectivity index (χ3v) is 6.84. The van der Waals surface area contributed by atoms with E-state index in [1.54, 1.807) is 78.9 Å².